The first-order chi connectivity index (χ1) is 9.29. The highest BCUT2D eigenvalue weighted by molar-refractivity contribution is 7.92. The molecule has 0 aliphatic carbocycles. The van der Waals surface area contributed by atoms with Crippen LogP contribution in [0.3, 0.4) is 0 Å². The maximum absolute atomic E-state index is 12.3. The summed E-state index contributed by atoms with van der Waals surface area (Å²) < 4.78 is 27.1. The molecule has 0 aliphatic rings. The second-order valence-electron chi connectivity index (χ2n) is 4.63. The molecule has 0 saturated carbocycles. The van der Waals surface area contributed by atoms with Gasteiger partial charge in [0.25, 0.3) is 10.0 Å². The molecule has 2 rings (SSSR count). The Morgan fingerprint density at radius 2 is 1.65 bits per heavy atom. The molecule has 0 aliphatic heterocycles. The van der Waals surface area contributed by atoms with Gasteiger partial charge in [-0.2, -0.15) is 0 Å². The lowest BCUT2D eigenvalue weighted by Gasteiger charge is -2.12. The van der Waals surface area contributed by atoms with Crippen molar-refractivity contribution in [1.29, 1.82) is 0 Å². The highest BCUT2D eigenvalue weighted by atomic mass is 35.5. The highest BCUT2D eigenvalue weighted by Crippen LogP contribution is 2.27. The molecule has 6 heteroatoms. The van der Waals surface area contributed by atoms with Crippen LogP contribution in [0.1, 0.15) is 11.1 Å². The van der Waals surface area contributed by atoms with Gasteiger partial charge in [0.15, 0.2) is 0 Å². The first kappa shape index (κ1) is 14.7. The summed E-state index contributed by atoms with van der Waals surface area (Å²) in [6.07, 6.45) is 0. The molecule has 0 amide bonds. The molecule has 0 radical (unpaired) electrons. The van der Waals surface area contributed by atoms with E-state index in [1.807, 2.05) is 13.8 Å². The van der Waals surface area contributed by atoms with Gasteiger partial charge in [0, 0.05) is 0 Å². The van der Waals surface area contributed by atoms with E-state index < -0.39 is 10.0 Å². The van der Waals surface area contributed by atoms with Crippen LogP contribution in [-0.2, 0) is 10.0 Å². The van der Waals surface area contributed by atoms with E-state index in [0.29, 0.717) is 10.7 Å². The number of nitrogen functional groups attached to an aromatic ring is 1. The van der Waals surface area contributed by atoms with Crippen LogP contribution in [0.5, 0.6) is 0 Å². The van der Waals surface area contributed by atoms with Crippen molar-refractivity contribution in [3.05, 3.63) is 52.5 Å². The average Bonchev–Trinajstić information content (AvgIpc) is 2.32. The SMILES string of the molecule is Cc1ccc(S(=O)(=O)Nc2ccc(C)cc2Cl)c(N)c1. The Kier molecular flexibility index (Phi) is 3.92. The van der Waals surface area contributed by atoms with Crippen molar-refractivity contribution in [2.75, 3.05) is 10.5 Å². The monoisotopic (exact) mass is 310 g/mol. The third-order valence-electron chi connectivity index (χ3n) is 2.82. The molecule has 0 fully saturated rings. The van der Waals surface area contributed by atoms with E-state index >= 15 is 0 Å². The van der Waals surface area contributed by atoms with Crippen LogP contribution in [0.2, 0.25) is 5.02 Å². The fourth-order valence-corrected chi connectivity index (χ4v) is 3.35. The van der Waals surface area contributed by atoms with Gasteiger partial charge in [-0.1, -0.05) is 23.7 Å². The van der Waals surface area contributed by atoms with E-state index in [1.54, 1.807) is 30.3 Å². The molecule has 2 aromatic carbocycles. The first-order valence-corrected chi connectivity index (χ1v) is 7.81. The molecule has 0 spiro atoms. The molecule has 0 bridgehead atoms. The minimum Gasteiger partial charge on any atom is -0.398 e. The molecule has 2 aromatic rings. The minimum absolute atomic E-state index is 0.0414. The van der Waals surface area contributed by atoms with Crippen molar-refractivity contribution >= 4 is 33.0 Å². The van der Waals surface area contributed by atoms with Crippen LogP contribution >= 0.6 is 11.6 Å². The molecule has 106 valence electrons. The lowest BCUT2D eigenvalue weighted by atomic mass is 10.2. The molecule has 0 atom stereocenters. The van der Waals surface area contributed by atoms with Gasteiger partial charge in [-0.3, -0.25) is 4.72 Å². The Morgan fingerprint density at radius 1 is 1.05 bits per heavy atom. The molecule has 20 heavy (non-hydrogen) atoms. The van der Waals surface area contributed by atoms with Crippen LogP contribution in [0.4, 0.5) is 11.4 Å². The molecule has 0 saturated heterocycles. The van der Waals surface area contributed by atoms with Gasteiger partial charge < -0.3 is 5.73 Å². The zero-order valence-corrected chi connectivity index (χ0v) is 12.7. The summed E-state index contributed by atoms with van der Waals surface area (Å²) in [5, 5.41) is 0.347. The smallest absolute Gasteiger partial charge is 0.263 e. The molecular formula is C14H15ClN2O2S. The summed E-state index contributed by atoms with van der Waals surface area (Å²) in [4.78, 5) is 0.0414. The number of anilines is 2. The maximum atomic E-state index is 12.3. The average molecular weight is 311 g/mol. The third-order valence-corrected chi connectivity index (χ3v) is 4.58. The topological polar surface area (TPSA) is 72.2 Å². The number of aryl methyl sites for hydroxylation is 2. The Labute approximate surface area is 123 Å². The Morgan fingerprint density at radius 3 is 2.25 bits per heavy atom. The number of nitrogens with two attached hydrogens (primary N) is 1. The zero-order chi connectivity index (χ0) is 14.9. The number of hydrogen-bond acceptors (Lipinski definition) is 3. The largest absolute Gasteiger partial charge is 0.398 e. The zero-order valence-electron chi connectivity index (χ0n) is 11.1. The van der Waals surface area contributed by atoms with Gasteiger partial charge in [0.05, 0.1) is 16.4 Å². The summed E-state index contributed by atoms with van der Waals surface area (Å²) in [5.41, 5.74) is 8.16. The number of rotatable bonds is 3. The van der Waals surface area contributed by atoms with Crippen LogP contribution in [0, 0.1) is 13.8 Å². The van der Waals surface area contributed by atoms with E-state index in [1.165, 1.54) is 6.07 Å². The number of hydrogen-bond donors (Lipinski definition) is 2. The number of benzene rings is 2. The van der Waals surface area contributed by atoms with Crippen LogP contribution in [0.25, 0.3) is 0 Å². The van der Waals surface area contributed by atoms with Gasteiger partial charge in [-0.15, -0.1) is 0 Å². The van der Waals surface area contributed by atoms with Crippen LogP contribution < -0.4 is 10.5 Å². The summed E-state index contributed by atoms with van der Waals surface area (Å²) in [6, 6.07) is 9.89. The second kappa shape index (κ2) is 5.34. The molecule has 0 heterocycles. The van der Waals surface area contributed by atoms with E-state index in [4.69, 9.17) is 17.3 Å². The fourth-order valence-electron chi connectivity index (χ4n) is 1.82. The Hall–Kier alpha value is -1.72. The summed E-state index contributed by atoms with van der Waals surface area (Å²) >= 11 is 6.03. The molecule has 3 N–H and O–H groups in total. The minimum atomic E-state index is -3.76. The number of halogens is 1. The fraction of sp³-hybridized carbons (Fsp3) is 0.143. The Balaban J connectivity index is 2.41. The van der Waals surface area contributed by atoms with Gasteiger partial charge in [-0.25, -0.2) is 8.42 Å². The predicted molar refractivity (Wildman–Crippen MR) is 82.6 cm³/mol. The van der Waals surface area contributed by atoms with Crippen molar-refractivity contribution in [3.63, 3.8) is 0 Å². The van der Waals surface area contributed by atoms with Gasteiger partial charge in [0.2, 0.25) is 0 Å². The van der Waals surface area contributed by atoms with E-state index in [0.717, 1.165) is 11.1 Å². The third kappa shape index (κ3) is 3.05. The van der Waals surface area contributed by atoms with Crippen molar-refractivity contribution in [2.45, 2.75) is 18.7 Å². The van der Waals surface area contributed by atoms with Crippen molar-refractivity contribution in [1.82, 2.24) is 0 Å². The maximum Gasteiger partial charge on any atom is 0.263 e. The first-order valence-electron chi connectivity index (χ1n) is 5.95. The van der Waals surface area contributed by atoms with Crippen LogP contribution in [0.15, 0.2) is 41.3 Å². The van der Waals surface area contributed by atoms with Crippen molar-refractivity contribution < 1.29 is 8.42 Å². The molecule has 4 nitrogen and oxygen atoms in total. The van der Waals surface area contributed by atoms with Gasteiger partial charge >= 0.3 is 0 Å². The summed E-state index contributed by atoms with van der Waals surface area (Å²) in [5.74, 6) is 0. The lowest BCUT2D eigenvalue weighted by molar-refractivity contribution is 0.601. The van der Waals surface area contributed by atoms with Crippen LogP contribution in [-0.4, -0.2) is 8.42 Å². The normalized spacial score (nSPS) is 11.3. The van der Waals surface area contributed by atoms with E-state index in [-0.39, 0.29) is 10.6 Å². The highest BCUT2D eigenvalue weighted by Gasteiger charge is 2.18. The number of sulfonamides is 1. The standard InChI is InChI=1S/C14H15ClN2O2S/c1-9-3-5-13(11(15)7-9)17-20(18,19)14-6-4-10(2)8-12(14)16/h3-8,17H,16H2,1-2H3. The molecule has 0 aromatic heterocycles. The van der Waals surface area contributed by atoms with Crippen molar-refractivity contribution in [3.8, 4) is 0 Å². The Bertz CT molecular complexity index is 758. The quantitative estimate of drug-likeness (QED) is 0.854. The summed E-state index contributed by atoms with van der Waals surface area (Å²) in [7, 11) is -3.76. The second-order valence-corrected chi connectivity index (χ2v) is 6.69. The molecular weight excluding hydrogens is 296 g/mol. The number of nitrogens with one attached hydrogen (secondary N) is 1. The van der Waals surface area contributed by atoms with Crippen molar-refractivity contribution in [2.24, 2.45) is 0 Å². The van der Waals surface area contributed by atoms with Gasteiger partial charge in [-0.05, 0) is 49.2 Å². The van der Waals surface area contributed by atoms with Gasteiger partial charge in [0.1, 0.15) is 4.90 Å². The predicted octanol–water partition coefficient (Wildman–Crippen LogP) is 3.34. The van der Waals surface area contributed by atoms with E-state index in [2.05, 4.69) is 4.72 Å². The molecule has 0 unspecified atom stereocenters. The van der Waals surface area contributed by atoms with E-state index in [9.17, 15) is 8.42 Å². The lowest BCUT2D eigenvalue weighted by Crippen LogP contribution is -2.15. The summed E-state index contributed by atoms with van der Waals surface area (Å²) in [6.45, 7) is 3.72.